The molecule has 1 heterocycles. The molecule has 3 aromatic rings. The van der Waals surface area contributed by atoms with Gasteiger partial charge in [0, 0.05) is 5.39 Å². The third-order valence-electron chi connectivity index (χ3n) is 3.41. The van der Waals surface area contributed by atoms with Crippen LogP contribution in [0.5, 0.6) is 5.75 Å². The maximum Gasteiger partial charge on any atom is 0.265 e. The quantitative estimate of drug-likeness (QED) is 0.704. The molecule has 3 rings (SSSR count). The van der Waals surface area contributed by atoms with E-state index in [0.29, 0.717) is 23.2 Å². The van der Waals surface area contributed by atoms with Crippen molar-refractivity contribution in [2.45, 2.75) is 4.90 Å². The van der Waals surface area contributed by atoms with Gasteiger partial charge in [-0.2, -0.15) is 0 Å². The summed E-state index contributed by atoms with van der Waals surface area (Å²) in [6, 6.07) is 13.1. The summed E-state index contributed by atoms with van der Waals surface area (Å²) >= 11 is 0. The maximum atomic E-state index is 12.6. The van der Waals surface area contributed by atoms with Gasteiger partial charge in [0.15, 0.2) is 6.29 Å². The molecule has 0 aliphatic rings. The van der Waals surface area contributed by atoms with Gasteiger partial charge in [0.25, 0.3) is 10.0 Å². The standard InChI is InChI=1S/C16H14N2O4S/c1-22-14-7-2-3-8-15(14)23(20,21)18-13-6-4-5-11-9-12(10-19)17-16(11)13/h2-10,17-18H,1H3. The van der Waals surface area contributed by atoms with E-state index >= 15 is 0 Å². The van der Waals surface area contributed by atoms with Crippen LogP contribution in [0.25, 0.3) is 10.9 Å². The Kier molecular flexibility index (Phi) is 3.79. The Morgan fingerprint density at radius 2 is 1.91 bits per heavy atom. The molecule has 0 saturated carbocycles. The molecule has 23 heavy (non-hydrogen) atoms. The predicted octanol–water partition coefficient (Wildman–Crippen LogP) is 2.79. The minimum absolute atomic E-state index is 0.0432. The number of benzene rings is 2. The fourth-order valence-corrected chi connectivity index (χ4v) is 3.61. The van der Waals surface area contributed by atoms with E-state index < -0.39 is 10.0 Å². The molecule has 0 unspecified atom stereocenters. The number of nitrogens with one attached hydrogen (secondary N) is 2. The number of sulfonamides is 1. The van der Waals surface area contributed by atoms with Gasteiger partial charge in [0.1, 0.15) is 10.6 Å². The number of hydrogen-bond acceptors (Lipinski definition) is 4. The lowest BCUT2D eigenvalue weighted by molar-refractivity contribution is 0.112. The van der Waals surface area contributed by atoms with Crippen molar-refractivity contribution in [3.8, 4) is 5.75 Å². The van der Waals surface area contributed by atoms with Crippen LogP contribution in [0.15, 0.2) is 53.4 Å². The number of fused-ring (bicyclic) bond motifs is 1. The number of para-hydroxylation sites is 2. The number of aromatic amines is 1. The van der Waals surface area contributed by atoms with Gasteiger partial charge in [-0.15, -0.1) is 0 Å². The first-order valence-corrected chi connectivity index (χ1v) is 8.26. The average Bonchev–Trinajstić information content (AvgIpc) is 2.99. The number of ether oxygens (including phenoxy) is 1. The van der Waals surface area contributed by atoms with Crippen molar-refractivity contribution in [3.63, 3.8) is 0 Å². The summed E-state index contributed by atoms with van der Waals surface area (Å²) in [6.07, 6.45) is 0.679. The molecule has 0 saturated heterocycles. The number of aromatic nitrogens is 1. The molecule has 0 radical (unpaired) electrons. The number of hydrogen-bond donors (Lipinski definition) is 2. The second-order valence-electron chi connectivity index (χ2n) is 4.87. The highest BCUT2D eigenvalue weighted by Gasteiger charge is 2.20. The molecule has 2 aromatic carbocycles. The minimum Gasteiger partial charge on any atom is -0.495 e. The first kappa shape index (κ1) is 15.1. The third kappa shape index (κ3) is 2.78. The van der Waals surface area contributed by atoms with Crippen molar-refractivity contribution in [2.24, 2.45) is 0 Å². The van der Waals surface area contributed by atoms with E-state index in [4.69, 9.17) is 4.74 Å². The number of rotatable bonds is 5. The van der Waals surface area contributed by atoms with Crippen LogP contribution in [-0.2, 0) is 10.0 Å². The van der Waals surface area contributed by atoms with Crippen LogP contribution < -0.4 is 9.46 Å². The van der Waals surface area contributed by atoms with Crippen LogP contribution in [0.1, 0.15) is 10.5 Å². The highest BCUT2D eigenvalue weighted by Crippen LogP contribution is 2.28. The molecule has 0 fully saturated rings. The van der Waals surface area contributed by atoms with E-state index in [-0.39, 0.29) is 10.6 Å². The van der Waals surface area contributed by atoms with Gasteiger partial charge in [-0.3, -0.25) is 9.52 Å². The van der Waals surface area contributed by atoms with Crippen LogP contribution in [0, 0.1) is 0 Å². The Labute approximate surface area is 133 Å². The Balaban J connectivity index is 2.07. The monoisotopic (exact) mass is 330 g/mol. The summed E-state index contributed by atoms with van der Waals surface area (Å²) in [5.74, 6) is 0.257. The molecule has 0 atom stereocenters. The molecule has 0 spiro atoms. The molecule has 2 N–H and O–H groups in total. The summed E-state index contributed by atoms with van der Waals surface area (Å²) < 4.78 is 32.9. The van der Waals surface area contributed by atoms with Crippen molar-refractivity contribution < 1.29 is 17.9 Å². The fourth-order valence-electron chi connectivity index (χ4n) is 2.37. The second-order valence-corrected chi connectivity index (χ2v) is 6.52. The van der Waals surface area contributed by atoms with Crippen molar-refractivity contribution in [2.75, 3.05) is 11.8 Å². The summed E-state index contributed by atoms with van der Waals surface area (Å²) in [7, 11) is -2.42. The van der Waals surface area contributed by atoms with Gasteiger partial charge in [0.2, 0.25) is 0 Å². The largest absolute Gasteiger partial charge is 0.495 e. The van der Waals surface area contributed by atoms with Crippen molar-refractivity contribution in [1.82, 2.24) is 4.98 Å². The molecule has 1 aromatic heterocycles. The predicted molar refractivity (Wildman–Crippen MR) is 87.5 cm³/mol. The lowest BCUT2D eigenvalue weighted by Crippen LogP contribution is -2.14. The zero-order valence-corrected chi connectivity index (χ0v) is 13.1. The molecule has 7 heteroatoms. The molecule has 0 aliphatic heterocycles. The van der Waals surface area contributed by atoms with Crippen LogP contribution >= 0.6 is 0 Å². The van der Waals surface area contributed by atoms with Gasteiger partial charge >= 0.3 is 0 Å². The van der Waals surface area contributed by atoms with E-state index in [1.807, 2.05) is 0 Å². The fraction of sp³-hybridized carbons (Fsp3) is 0.0625. The van der Waals surface area contributed by atoms with E-state index in [1.165, 1.54) is 13.2 Å². The number of carbonyl (C=O) groups excluding carboxylic acids is 1. The Morgan fingerprint density at radius 3 is 2.65 bits per heavy atom. The SMILES string of the molecule is COc1ccccc1S(=O)(=O)Nc1cccc2cc(C=O)[nH]c12. The summed E-state index contributed by atoms with van der Waals surface area (Å²) in [5, 5.41) is 0.743. The number of anilines is 1. The Hall–Kier alpha value is -2.80. The zero-order valence-electron chi connectivity index (χ0n) is 12.2. The number of aldehydes is 1. The van der Waals surface area contributed by atoms with Gasteiger partial charge in [-0.1, -0.05) is 24.3 Å². The van der Waals surface area contributed by atoms with Crippen molar-refractivity contribution in [3.05, 3.63) is 54.2 Å². The van der Waals surface area contributed by atoms with Crippen LogP contribution in [0.4, 0.5) is 5.69 Å². The average molecular weight is 330 g/mol. The minimum atomic E-state index is -3.83. The van der Waals surface area contributed by atoms with Crippen LogP contribution in [0.3, 0.4) is 0 Å². The zero-order chi connectivity index (χ0) is 16.4. The summed E-state index contributed by atoms with van der Waals surface area (Å²) in [6.45, 7) is 0. The van der Waals surface area contributed by atoms with Gasteiger partial charge in [-0.25, -0.2) is 8.42 Å². The molecule has 0 aliphatic carbocycles. The number of carbonyl (C=O) groups is 1. The number of H-pyrrole nitrogens is 1. The van der Waals surface area contributed by atoms with Crippen molar-refractivity contribution in [1.29, 1.82) is 0 Å². The normalized spacial score (nSPS) is 11.3. The van der Waals surface area contributed by atoms with Gasteiger partial charge < -0.3 is 9.72 Å². The summed E-state index contributed by atoms with van der Waals surface area (Å²) in [5.41, 5.74) is 1.29. The topological polar surface area (TPSA) is 88.3 Å². The van der Waals surface area contributed by atoms with Crippen LogP contribution in [-0.4, -0.2) is 26.8 Å². The number of methoxy groups -OCH3 is 1. The van der Waals surface area contributed by atoms with E-state index in [9.17, 15) is 13.2 Å². The lowest BCUT2D eigenvalue weighted by atomic mass is 10.2. The smallest absolute Gasteiger partial charge is 0.265 e. The third-order valence-corrected chi connectivity index (χ3v) is 4.81. The van der Waals surface area contributed by atoms with Gasteiger partial charge in [-0.05, 0) is 24.3 Å². The molecule has 118 valence electrons. The summed E-state index contributed by atoms with van der Waals surface area (Å²) in [4.78, 5) is 13.8. The second kappa shape index (κ2) is 5.77. The highest BCUT2D eigenvalue weighted by atomic mass is 32.2. The van der Waals surface area contributed by atoms with E-state index in [0.717, 1.165) is 5.39 Å². The highest BCUT2D eigenvalue weighted by molar-refractivity contribution is 7.92. The first-order valence-electron chi connectivity index (χ1n) is 6.78. The van der Waals surface area contributed by atoms with E-state index in [2.05, 4.69) is 9.71 Å². The van der Waals surface area contributed by atoms with Gasteiger partial charge in [0.05, 0.1) is 24.0 Å². The first-order chi connectivity index (χ1) is 11.0. The van der Waals surface area contributed by atoms with Crippen LogP contribution in [0.2, 0.25) is 0 Å². The molecular weight excluding hydrogens is 316 g/mol. The maximum absolute atomic E-state index is 12.6. The molecule has 0 bridgehead atoms. The lowest BCUT2D eigenvalue weighted by Gasteiger charge is -2.12. The Bertz CT molecular complexity index is 977. The molecule has 6 nitrogen and oxygen atoms in total. The Morgan fingerprint density at radius 1 is 1.13 bits per heavy atom. The molecule has 0 amide bonds. The van der Waals surface area contributed by atoms with Crippen molar-refractivity contribution >= 4 is 32.9 Å². The van der Waals surface area contributed by atoms with E-state index in [1.54, 1.807) is 42.5 Å². The molecular formula is C16H14N2O4S.